The number of carboxylic acids is 1. The second kappa shape index (κ2) is 10.8. The summed E-state index contributed by atoms with van der Waals surface area (Å²) >= 11 is 3.43. The van der Waals surface area contributed by atoms with E-state index in [1.165, 1.54) is 6.08 Å². The lowest BCUT2D eigenvalue weighted by molar-refractivity contribution is -0.131. The van der Waals surface area contributed by atoms with E-state index in [9.17, 15) is 15.3 Å². The Hall–Kier alpha value is -4.07. The molecule has 0 heterocycles. The molecule has 1 N–H and O–H groups in total. The number of hydrogen-bond acceptors (Lipinski definition) is 5. The van der Waals surface area contributed by atoms with Gasteiger partial charge in [-0.2, -0.15) is 10.5 Å². The first kappa shape index (κ1) is 22.6. The molecule has 0 aliphatic rings. The summed E-state index contributed by atoms with van der Waals surface area (Å²) in [4.78, 5) is 11.2. The Balaban J connectivity index is 2.10. The van der Waals surface area contributed by atoms with Crippen LogP contribution in [0.25, 0.3) is 6.08 Å². The number of halogens is 1. The van der Waals surface area contributed by atoms with Crippen molar-refractivity contribution in [3.8, 4) is 23.6 Å². The largest absolute Gasteiger partial charge is 0.487 e. The van der Waals surface area contributed by atoms with Crippen LogP contribution < -0.4 is 9.47 Å². The lowest BCUT2D eigenvalue weighted by atomic mass is 10.0. The van der Waals surface area contributed by atoms with E-state index in [0.717, 1.165) is 17.2 Å². The molecule has 0 saturated heterocycles. The van der Waals surface area contributed by atoms with Gasteiger partial charge in [0, 0.05) is 11.6 Å². The summed E-state index contributed by atoms with van der Waals surface area (Å²) in [7, 11) is 0. The predicted molar refractivity (Wildman–Crippen MR) is 122 cm³/mol. The van der Waals surface area contributed by atoms with E-state index in [0.29, 0.717) is 10.0 Å². The fourth-order valence-corrected chi connectivity index (χ4v) is 3.58. The van der Waals surface area contributed by atoms with Gasteiger partial charge in [-0.25, -0.2) is 4.79 Å². The molecule has 32 heavy (non-hydrogen) atoms. The van der Waals surface area contributed by atoms with Gasteiger partial charge < -0.3 is 14.6 Å². The summed E-state index contributed by atoms with van der Waals surface area (Å²) in [6.07, 6.45) is 2.24. The van der Waals surface area contributed by atoms with E-state index >= 15 is 0 Å². The number of ether oxygens (including phenoxy) is 2. The molecular formula is C25H17BrN2O4. The maximum absolute atomic E-state index is 11.2. The van der Waals surface area contributed by atoms with E-state index in [-0.39, 0.29) is 35.8 Å². The van der Waals surface area contributed by atoms with Gasteiger partial charge in [-0.05, 0) is 33.1 Å². The van der Waals surface area contributed by atoms with Crippen LogP contribution in [0.3, 0.4) is 0 Å². The zero-order valence-corrected chi connectivity index (χ0v) is 18.4. The molecule has 0 amide bonds. The molecule has 0 saturated carbocycles. The number of aliphatic carboxylic acids is 1. The first-order valence-electron chi connectivity index (χ1n) is 9.49. The summed E-state index contributed by atoms with van der Waals surface area (Å²) in [6.45, 7) is 0.288. The van der Waals surface area contributed by atoms with Gasteiger partial charge in [-0.3, -0.25) is 0 Å². The first-order valence-corrected chi connectivity index (χ1v) is 10.3. The molecule has 3 rings (SSSR count). The van der Waals surface area contributed by atoms with Crippen LogP contribution in [0.4, 0.5) is 0 Å². The Morgan fingerprint density at radius 2 is 1.34 bits per heavy atom. The number of hydrogen-bond donors (Lipinski definition) is 1. The van der Waals surface area contributed by atoms with Crippen LogP contribution in [0.2, 0.25) is 0 Å². The molecule has 158 valence electrons. The van der Waals surface area contributed by atoms with Gasteiger partial charge in [0.1, 0.15) is 42.2 Å². The summed E-state index contributed by atoms with van der Waals surface area (Å²) in [5.41, 5.74) is 1.99. The van der Waals surface area contributed by atoms with Crippen LogP contribution in [0.1, 0.15) is 27.8 Å². The maximum Gasteiger partial charge on any atom is 0.328 e. The van der Waals surface area contributed by atoms with Crippen LogP contribution >= 0.6 is 15.9 Å². The average Bonchev–Trinajstić information content (AvgIpc) is 2.82. The SMILES string of the molecule is N#Cc1c(C#N)c(OCc2ccccc2)c(C=CC(=O)O)c(Br)c1OCc1ccccc1. The molecule has 0 aliphatic carbocycles. The monoisotopic (exact) mass is 488 g/mol. The number of nitriles is 2. The highest BCUT2D eigenvalue weighted by atomic mass is 79.9. The third kappa shape index (κ3) is 5.34. The second-order valence-electron chi connectivity index (χ2n) is 6.58. The number of nitrogens with zero attached hydrogens (tertiary/aromatic N) is 2. The molecule has 0 spiro atoms. The van der Waals surface area contributed by atoms with E-state index in [4.69, 9.17) is 14.6 Å². The van der Waals surface area contributed by atoms with Crippen molar-refractivity contribution in [3.05, 3.63) is 99.0 Å². The highest BCUT2D eigenvalue weighted by molar-refractivity contribution is 9.10. The summed E-state index contributed by atoms with van der Waals surface area (Å²) in [5, 5.41) is 28.8. The Morgan fingerprint density at radius 1 is 0.875 bits per heavy atom. The fourth-order valence-electron chi connectivity index (χ4n) is 2.96. The molecule has 3 aromatic rings. The van der Waals surface area contributed by atoms with Crippen molar-refractivity contribution in [2.45, 2.75) is 13.2 Å². The van der Waals surface area contributed by atoms with Crippen LogP contribution in [0.5, 0.6) is 11.5 Å². The molecular weight excluding hydrogens is 472 g/mol. The standard InChI is InChI=1S/C25H17BrN2O4/c26-23-19(11-12-22(29)30)24(31-15-17-7-3-1-4-8-17)20(13-27)21(14-28)25(23)32-16-18-9-5-2-6-10-18/h1-12H,15-16H2,(H,29,30). The number of benzene rings is 3. The van der Waals surface area contributed by atoms with Crippen molar-refractivity contribution in [1.82, 2.24) is 0 Å². The smallest absolute Gasteiger partial charge is 0.328 e. The van der Waals surface area contributed by atoms with Crippen molar-refractivity contribution in [2.24, 2.45) is 0 Å². The Kier molecular flexibility index (Phi) is 7.64. The summed E-state index contributed by atoms with van der Waals surface area (Å²) < 4.78 is 12.1. The Labute approximate surface area is 193 Å². The van der Waals surface area contributed by atoms with E-state index in [1.807, 2.05) is 72.8 Å². The van der Waals surface area contributed by atoms with Crippen LogP contribution in [-0.4, -0.2) is 11.1 Å². The highest BCUT2D eigenvalue weighted by Crippen LogP contribution is 2.43. The normalized spacial score (nSPS) is 10.3. The van der Waals surface area contributed by atoms with Crippen molar-refractivity contribution < 1.29 is 19.4 Å². The summed E-state index contributed by atoms with van der Waals surface area (Å²) in [5.74, 6) is -0.921. The lowest BCUT2D eigenvalue weighted by Gasteiger charge is -2.18. The van der Waals surface area contributed by atoms with Gasteiger partial charge in [-0.1, -0.05) is 60.7 Å². The molecule has 0 unspecified atom stereocenters. The highest BCUT2D eigenvalue weighted by Gasteiger charge is 2.25. The first-order chi connectivity index (χ1) is 15.5. The zero-order chi connectivity index (χ0) is 22.9. The Bertz CT molecular complexity index is 1230. The number of carboxylic acid groups (broad SMARTS) is 1. The van der Waals surface area contributed by atoms with E-state index in [2.05, 4.69) is 15.9 Å². The van der Waals surface area contributed by atoms with Crippen molar-refractivity contribution in [3.63, 3.8) is 0 Å². The number of rotatable bonds is 8. The van der Waals surface area contributed by atoms with Gasteiger partial charge in [0.15, 0.2) is 5.75 Å². The molecule has 0 bridgehead atoms. The maximum atomic E-state index is 11.2. The van der Waals surface area contributed by atoms with Gasteiger partial charge in [0.2, 0.25) is 0 Å². The lowest BCUT2D eigenvalue weighted by Crippen LogP contribution is -2.06. The third-order valence-corrected chi connectivity index (χ3v) is 5.24. The molecule has 3 aromatic carbocycles. The Morgan fingerprint density at radius 3 is 1.81 bits per heavy atom. The molecule has 0 atom stereocenters. The van der Waals surface area contributed by atoms with Crippen molar-refractivity contribution in [1.29, 1.82) is 10.5 Å². The minimum Gasteiger partial charge on any atom is -0.487 e. The molecule has 0 aliphatic heterocycles. The van der Waals surface area contributed by atoms with Crippen LogP contribution in [0, 0.1) is 22.7 Å². The van der Waals surface area contributed by atoms with Crippen molar-refractivity contribution in [2.75, 3.05) is 0 Å². The van der Waals surface area contributed by atoms with Gasteiger partial charge >= 0.3 is 5.97 Å². The quantitative estimate of drug-likeness (QED) is 0.422. The van der Waals surface area contributed by atoms with Gasteiger partial charge in [0.05, 0.1) is 4.47 Å². The van der Waals surface area contributed by atoms with Crippen LogP contribution in [-0.2, 0) is 18.0 Å². The topological polar surface area (TPSA) is 103 Å². The second-order valence-corrected chi connectivity index (χ2v) is 7.37. The fraction of sp³-hybridized carbons (Fsp3) is 0.0800. The van der Waals surface area contributed by atoms with Gasteiger partial charge in [-0.15, -0.1) is 0 Å². The van der Waals surface area contributed by atoms with Gasteiger partial charge in [0.25, 0.3) is 0 Å². The molecule has 0 aromatic heterocycles. The predicted octanol–water partition coefficient (Wildman–Crippen LogP) is 5.45. The van der Waals surface area contributed by atoms with Crippen LogP contribution in [0.15, 0.2) is 71.2 Å². The molecule has 0 fully saturated rings. The minimum absolute atomic E-state index is 0.00541. The molecule has 7 heteroatoms. The number of carbonyl (C=O) groups is 1. The van der Waals surface area contributed by atoms with E-state index in [1.54, 1.807) is 0 Å². The summed E-state index contributed by atoms with van der Waals surface area (Å²) in [6, 6.07) is 22.7. The third-order valence-electron chi connectivity index (χ3n) is 4.45. The van der Waals surface area contributed by atoms with E-state index < -0.39 is 5.97 Å². The van der Waals surface area contributed by atoms with Crippen molar-refractivity contribution >= 4 is 28.0 Å². The molecule has 6 nitrogen and oxygen atoms in total. The minimum atomic E-state index is -1.17. The zero-order valence-electron chi connectivity index (χ0n) is 16.8. The molecule has 0 radical (unpaired) electrons. The average molecular weight is 489 g/mol.